The predicted octanol–water partition coefficient (Wildman–Crippen LogP) is 4.82. The van der Waals surface area contributed by atoms with Crippen LogP contribution >= 0.6 is 22.9 Å². The third-order valence-electron chi connectivity index (χ3n) is 3.91. The van der Waals surface area contributed by atoms with Crippen LogP contribution in [0.4, 0.5) is 11.4 Å². The van der Waals surface area contributed by atoms with E-state index in [4.69, 9.17) is 16.0 Å². The number of nitro benzene ring substituents is 1. The second kappa shape index (κ2) is 6.49. The Labute approximate surface area is 159 Å². The van der Waals surface area contributed by atoms with Gasteiger partial charge in [-0.1, -0.05) is 23.7 Å². The topological polar surface area (TPSA) is 102 Å². The standard InChI is InChI=1S/C18H9ClN2O5S/c19-15-11-2-1-3-12(21(24)25)16(11)27-17(15)18(23)20-10-5-6-13-9(8-10)4-7-14(22)26-13/h1-8H,(H,20,23). The van der Waals surface area contributed by atoms with Gasteiger partial charge < -0.3 is 9.73 Å². The minimum atomic E-state index is -0.506. The van der Waals surface area contributed by atoms with Crippen LogP contribution in [0.2, 0.25) is 5.02 Å². The number of nitrogens with zero attached hydrogens (tertiary/aromatic N) is 1. The fourth-order valence-electron chi connectivity index (χ4n) is 2.70. The van der Waals surface area contributed by atoms with E-state index in [0.29, 0.717) is 26.7 Å². The molecule has 0 aliphatic rings. The van der Waals surface area contributed by atoms with Crippen molar-refractivity contribution in [2.24, 2.45) is 0 Å². The number of anilines is 1. The van der Waals surface area contributed by atoms with E-state index in [0.717, 1.165) is 11.3 Å². The summed E-state index contributed by atoms with van der Waals surface area (Å²) in [5, 5.41) is 15.2. The average Bonchev–Trinajstić information content (AvgIpc) is 2.99. The highest BCUT2D eigenvalue weighted by Crippen LogP contribution is 2.40. The number of fused-ring (bicyclic) bond motifs is 2. The maximum Gasteiger partial charge on any atom is 0.336 e. The van der Waals surface area contributed by atoms with Crippen LogP contribution in [0.3, 0.4) is 0 Å². The van der Waals surface area contributed by atoms with Crippen LogP contribution in [0.15, 0.2) is 57.7 Å². The van der Waals surface area contributed by atoms with E-state index in [-0.39, 0.29) is 15.6 Å². The summed E-state index contributed by atoms with van der Waals surface area (Å²) < 4.78 is 5.40. The first kappa shape index (κ1) is 17.2. The fourth-order valence-corrected chi connectivity index (χ4v) is 4.19. The van der Waals surface area contributed by atoms with Gasteiger partial charge in [-0.25, -0.2) is 4.79 Å². The van der Waals surface area contributed by atoms with Gasteiger partial charge in [-0.05, 0) is 24.3 Å². The third-order valence-corrected chi connectivity index (χ3v) is 5.65. The smallest absolute Gasteiger partial charge is 0.336 e. The van der Waals surface area contributed by atoms with Crippen molar-refractivity contribution in [3.63, 3.8) is 0 Å². The number of rotatable bonds is 3. The molecular formula is C18H9ClN2O5S. The van der Waals surface area contributed by atoms with Gasteiger partial charge in [0.2, 0.25) is 0 Å². The number of carbonyl (C=O) groups excluding carboxylic acids is 1. The van der Waals surface area contributed by atoms with Gasteiger partial charge in [0.25, 0.3) is 11.6 Å². The van der Waals surface area contributed by atoms with E-state index < -0.39 is 16.5 Å². The van der Waals surface area contributed by atoms with Crippen molar-refractivity contribution in [3.8, 4) is 0 Å². The molecule has 0 radical (unpaired) electrons. The first-order valence-corrected chi connectivity index (χ1v) is 8.84. The summed E-state index contributed by atoms with van der Waals surface area (Å²) >= 11 is 7.25. The summed E-state index contributed by atoms with van der Waals surface area (Å²) in [5.74, 6) is -0.479. The largest absolute Gasteiger partial charge is 0.423 e. The zero-order valence-electron chi connectivity index (χ0n) is 13.4. The highest BCUT2D eigenvalue weighted by Gasteiger charge is 2.22. The number of non-ortho nitro benzene ring substituents is 1. The Kier molecular flexibility index (Phi) is 4.14. The molecule has 0 aliphatic carbocycles. The Morgan fingerprint density at radius 3 is 2.78 bits per heavy atom. The number of amides is 1. The van der Waals surface area contributed by atoms with E-state index >= 15 is 0 Å². The van der Waals surface area contributed by atoms with E-state index in [9.17, 15) is 19.7 Å². The van der Waals surface area contributed by atoms with Crippen LogP contribution in [0.1, 0.15) is 9.67 Å². The Bertz CT molecular complexity index is 1290. The fraction of sp³-hybridized carbons (Fsp3) is 0. The van der Waals surface area contributed by atoms with Gasteiger partial charge in [-0.3, -0.25) is 14.9 Å². The van der Waals surface area contributed by atoms with Gasteiger partial charge in [-0.2, -0.15) is 0 Å². The molecule has 2 aromatic carbocycles. The van der Waals surface area contributed by atoms with Gasteiger partial charge in [0, 0.05) is 28.6 Å². The van der Waals surface area contributed by atoms with E-state index in [2.05, 4.69) is 5.32 Å². The van der Waals surface area contributed by atoms with Crippen LogP contribution in [0.5, 0.6) is 0 Å². The normalized spacial score (nSPS) is 11.0. The van der Waals surface area contributed by atoms with Gasteiger partial charge in [0.05, 0.1) is 9.95 Å². The predicted molar refractivity (Wildman–Crippen MR) is 104 cm³/mol. The number of nitrogens with one attached hydrogen (secondary N) is 1. The maximum atomic E-state index is 12.6. The number of thiophene rings is 1. The lowest BCUT2D eigenvalue weighted by atomic mass is 10.2. The second-order valence-electron chi connectivity index (χ2n) is 5.62. The first-order chi connectivity index (χ1) is 12.9. The van der Waals surface area contributed by atoms with Crippen molar-refractivity contribution < 1.29 is 14.1 Å². The number of nitro groups is 1. The summed E-state index contributed by atoms with van der Waals surface area (Å²) in [6.07, 6.45) is 0. The van der Waals surface area contributed by atoms with Crippen molar-refractivity contribution in [2.45, 2.75) is 0 Å². The molecule has 0 bridgehead atoms. The van der Waals surface area contributed by atoms with E-state index in [1.54, 1.807) is 30.3 Å². The summed E-state index contributed by atoms with van der Waals surface area (Å²) in [5.41, 5.74) is 0.317. The summed E-state index contributed by atoms with van der Waals surface area (Å²) in [6, 6.07) is 12.2. The number of hydrogen-bond donors (Lipinski definition) is 1. The Balaban J connectivity index is 1.72. The summed E-state index contributed by atoms with van der Waals surface area (Å²) in [7, 11) is 0. The molecule has 0 unspecified atom stereocenters. The molecule has 2 heterocycles. The summed E-state index contributed by atoms with van der Waals surface area (Å²) in [4.78, 5) is 34.7. The van der Waals surface area contributed by atoms with Crippen molar-refractivity contribution in [1.29, 1.82) is 0 Å². The number of benzene rings is 2. The first-order valence-electron chi connectivity index (χ1n) is 7.65. The van der Waals surface area contributed by atoms with Gasteiger partial charge in [0.1, 0.15) is 15.2 Å². The molecule has 0 fully saturated rings. The molecule has 0 saturated heterocycles. The van der Waals surface area contributed by atoms with Crippen molar-refractivity contribution in [3.05, 3.63) is 79.0 Å². The molecule has 7 nitrogen and oxygen atoms in total. The molecule has 0 saturated carbocycles. The Hall–Kier alpha value is -3.23. The molecule has 134 valence electrons. The molecule has 9 heteroatoms. The Morgan fingerprint density at radius 2 is 2.00 bits per heavy atom. The minimum absolute atomic E-state index is 0.0980. The molecule has 1 amide bonds. The summed E-state index contributed by atoms with van der Waals surface area (Å²) in [6.45, 7) is 0. The van der Waals surface area contributed by atoms with Crippen molar-refractivity contribution in [1.82, 2.24) is 0 Å². The molecule has 1 N–H and O–H groups in total. The number of hydrogen-bond acceptors (Lipinski definition) is 6. The highest BCUT2D eigenvalue weighted by molar-refractivity contribution is 7.22. The Morgan fingerprint density at radius 1 is 1.19 bits per heavy atom. The highest BCUT2D eigenvalue weighted by atomic mass is 35.5. The monoisotopic (exact) mass is 400 g/mol. The molecular weight excluding hydrogens is 392 g/mol. The molecule has 0 aliphatic heterocycles. The van der Waals surface area contributed by atoms with E-state index in [1.807, 2.05) is 0 Å². The molecule has 4 aromatic rings. The lowest BCUT2D eigenvalue weighted by molar-refractivity contribution is -0.382. The third kappa shape index (κ3) is 3.05. The van der Waals surface area contributed by atoms with E-state index in [1.165, 1.54) is 18.2 Å². The zero-order chi connectivity index (χ0) is 19.1. The lowest BCUT2D eigenvalue weighted by Gasteiger charge is -2.05. The SMILES string of the molecule is O=C(Nc1ccc2oc(=O)ccc2c1)c1sc2c([N+](=O)[O-])cccc2c1Cl. The van der Waals surface area contributed by atoms with Gasteiger partial charge >= 0.3 is 5.63 Å². The minimum Gasteiger partial charge on any atom is -0.423 e. The lowest BCUT2D eigenvalue weighted by Crippen LogP contribution is -2.10. The molecule has 0 spiro atoms. The molecule has 4 rings (SSSR count). The van der Waals surface area contributed by atoms with Crippen LogP contribution in [-0.2, 0) is 0 Å². The van der Waals surface area contributed by atoms with Gasteiger partial charge in [-0.15, -0.1) is 11.3 Å². The number of halogens is 1. The number of carbonyl (C=O) groups is 1. The maximum absolute atomic E-state index is 12.6. The second-order valence-corrected chi connectivity index (χ2v) is 7.02. The molecule has 2 aromatic heterocycles. The molecule has 27 heavy (non-hydrogen) atoms. The van der Waals surface area contributed by atoms with Crippen LogP contribution in [-0.4, -0.2) is 10.8 Å². The average molecular weight is 401 g/mol. The zero-order valence-corrected chi connectivity index (χ0v) is 15.0. The van der Waals surface area contributed by atoms with Crippen molar-refractivity contribution >= 4 is 61.3 Å². The van der Waals surface area contributed by atoms with Crippen molar-refractivity contribution in [2.75, 3.05) is 5.32 Å². The quantitative estimate of drug-likeness (QED) is 0.301. The van der Waals surface area contributed by atoms with Gasteiger partial charge in [0.15, 0.2) is 0 Å². The van der Waals surface area contributed by atoms with Crippen LogP contribution in [0.25, 0.3) is 21.1 Å². The molecule has 0 atom stereocenters. The van der Waals surface area contributed by atoms with Crippen LogP contribution < -0.4 is 10.9 Å². The van der Waals surface area contributed by atoms with Crippen LogP contribution in [0, 0.1) is 10.1 Å².